The van der Waals surface area contributed by atoms with Crippen LogP contribution in [0.25, 0.3) is 0 Å². The van der Waals surface area contributed by atoms with Crippen molar-refractivity contribution < 1.29 is 14.3 Å². The Morgan fingerprint density at radius 3 is 2.36 bits per heavy atom. The van der Waals surface area contributed by atoms with E-state index in [4.69, 9.17) is 20.3 Å². The molecule has 2 rings (SSSR count). The lowest BCUT2D eigenvalue weighted by Crippen LogP contribution is -2.27. The van der Waals surface area contributed by atoms with Crippen molar-refractivity contribution in [1.82, 2.24) is 0 Å². The predicted molar refractivity (Wildman–Crippen MR) is 97.2 cm³/mol. The van der Waals surface area contributed by atoms with E-state index in [9.17, 15) is 4.79 Å². The van der Waals surface area contributed by atoms with Crippen LogP contribution < -0.4 is 9.64 Å². The number of carbonyl (C=O) groups is 1. The molecular formula is C18H21N3O3S. The van der Waals surface area contributed by atoms with Crippen molar-refractivity contribution in [3.8, 4) is 5.75 Å². The number of rotatable bonds is 5. The zero-order valence-corrected chi connectivity index (χ0v) is 15.5. The van der Waals surface area contributed by atoms with Gasteiger partial charge >= 0.3 is 6.09 Å². The first-order valence-electron chi connectivity index (χ1n) is 7.58. The maximum Gasteiger partial charge on any atom is 0.414 e. The van der Waals surface area contributed by atoms with Crippen LogP contribution in [0.2, 0.25) is 0 Å². The van der Waals surface area contributed by atoms with Gasteiger partial charge in [0.1, 0.15) is 5.75 Å². The summed E-state index contributed by atoms with van der Waals surface area (Å²) >= 11 is 1.59. The van der Waals surface area contributed by atoms with Crippen LogP contribution in [0.15, 0.2) is 52.3 Å². The maximum atomic E-state index is 12.0. The Balaban J connectivity index is 0.00000151. The molecule has 7 heteroatoms. The van der Waals surface area contributed by atoms with Gasteiger partial charge in [0.15, 0.2) is 0 Å². The van der Waals surface area contributed by atoms with Crippen molar-refractivity contribution in [2.24, 2.45) is 0 Å². The monoisotopic (exact) mass is 359 g/mol. The molecule has 0 aliphatic rings. The lowest BCUT2D eigenvalue weighted by molar-refractivity contribution is 0.161. The number of carbonyl (C=O) groups excluding carboxylic acids is 1. The Bertz CT molecular complexity index is 717. The minimum absolute atomic E-state index is 0.347. The van der Waals surface area contributed by atoms with Gasteiger partial charge in [-0.2, -0.15) is 0 Å². The average molecular weight is 359 g/mol. The van der Waals surface area contributed by atoms with E-state index in [0.29, 0.717) is 6.61 Å². The largest absolute Gasteiger partial charge is 0.497 e. The Morgan fingerprint density at radius 2 is 1.80 bits per heavy atom. The summed E-state index contributed by atoms with van der Waals surface area (Å²) in [5, 5.41) is 12.0. The van der Waals surface area contributed by atoms with Crippen LogP contribution in [0.3, 0.4) is 0 Å². The second-order valence-corrected chi connectivity index (χ2v) is 6.12. The first kappa shape index (κ1) is 20.3. The average Bonchev–Trinajstić information content (AvgIpc) is 2.65. The number of amides is 1. The van der Waals surface area contributed by atoms with Crippen molar-refractivity contribution in [2.45, 2.75) is 23.6 Å². The molecule has 2 aromatic carbocycles. The number of nitrogens with zero attached hydrogens (tertiary/aromatic N) is 3. The van der Waals surface area contributed by atoms with Gasteiger partial charge in [-0.3, -0.25) is 4.90 Å². The highest BCUT2D eigenvalue weighted by molar-refractivity contribution is 7.99. The van der Waals surface area contributed by atoms with E-state index < -0.39 is 0 Å². The van der Waals surface area contributed by atoms with Crippen LogP contribution in [0.4, 0.5) is 10.5 Å². The molecule has 0 bridgehead atoms. The van der Waals surface area contributed by atoms with Crippen molar-refractivity contribution >= 4 is 23.5 Å². The van der Waals surface area contributed by atoms with Crippen molar-refractivity contribution in [3.05, 3.63) is 48.0 Å². The molecule has 0 heterocycles. The Kier molecular flexibility index (Phi) is 8.30. The van der Waals surface area contributed by atoms with Crippen molar-refractivity contribution in [2.75, 3.05) is 25.7 Å². The Morgan fingerprint density at radius 1 is 1.16 bits per heavy atom. The van der Waals surface area contributed by atoms with Crippen LogP contribution in [0.1, 0.15) is 12.5 Å². The van der Waals surface area contributed by atoms with Crippen LogP contribution in [-0.2, 0) is 4.74 Å². The molecule has 0 unspecified atom stereocenters. The van der Waals surface area contributed by atoms with Gasteiger partial charge in [0.2, 0.25) is 0 Å². The summed E-state index contributed by atoms with van der Waals surface area (Å²) in [5.74, 6) is 0.751. The smallest absolute Gasteiger partial charge is 0.414 e. The number of benzene rings is 2. The summed E-state index contributed by atoms with van der Waals surface area (Å²) in [6.07, 6.45) is -0.372. The highest BCUT2D eigenvalue weighted by Gasteiger charge is 2.17. The fourth-order valence-electron chi connectivity index (χ4n) is 2.03. The summed E-state index contributed by atoms with van der Waals surface area (Å²) in [6.45, 7) is 4.20. The van der Waals surface area contributed by atoms with Gasteiger partial charge in [-0.1, -0.05) is 29.5 Å². The molecule has 0 N–H and O–H groups in total. The fraction of sp³-hybridized carbons (Fsp3) is 0.278. The zero-order valence-electron chi connectivity index (χ0n) is 14.7. The second kappa shape index (κ2) is 10.2. The number of ether oxygens (including phenoxy) is 2. The molecule has 1 amide bonds. The van der Waals surface area contributed by atoms with Gasteiger partial charge in [0.05, 0.1) is 19.4 Å². The highest BCUT2D eigenvalue weighted by atomic mass is 32.2. The van der Waals surface area contributed by atoms with Gasteiger partial charge in [-0.15, -0.1) is 0 Å². The molecule has 6 nitrogen and oxygen atoms in total. The van der Waals surface area contributed by atoms with E-state index in [1.54, 1.807) is 32.8 Å². The van der Waals surface area contributed by atoms with Gasteiger partial charge in [-0.05, 0) is 44.2 Å². The van der Waals surface area contributed by atoms with E-state index in [1.807, 2.05) is 18.2 Å². The molecule has 0 aromatic heterocycles. The molecule has 0 saturated heterocycles. The topological polar surface area (TPSA) is 86.3 Å². The number of aryl methyl sites for hydroxylation is 1. The fourth-order valence-corrected chi connectivity index (χ4v) is 3.04. The SMILES string of the molecule is CCOC(=O)N(C)c1ccc(OC)cc1Sc1ccc(C)cc1.N#N. The summed E-state index contributed by atoms with van der Waals surface area (Å²) in [5.41, 5.74) is 2.00. The van der Waals surface area contributed by atoms with Crippen molar-refractivity contribution in [3.63, 3.8) is 0 Å². The van der Waals surface area contributed by atoms with E-state index in [1.165, 1.54) is 10.5 Å². The molecule has 132 valence electrons. The molecule has 0 aliphatic heterocycles. The normalized spacial score (nSPS) is 9.52. The third kappa shape index (κ3) is 5.69. The van der Waals surface area contributed by atoms with Crippen LogP contribution in [0.5, 0.6) is 5.75 Å². The maximum absolute atomic E-state index is 12.0. The molecule has 0 saturated carbocycles. The molecule has 25 heavy (non-hydrogen) atoms. The number of hydrogen-bond donors (Lipinski definition) is 0. The van der Waals surface area contributed by atoms with Gasteiger partial charge in [-0.25, -0.2) is 4.79 Å². The lowest BCUT2D eigenvalue weighted by Gasteiger charge is -2.20. The van der Waals surface area contributed by atoms with Crippen LogP contribution in [0, 0.1) is 17.7 Å². The summed E-state index contributed by atoms with van der Waals surface area (Å²) in [7, 11) is 3.34. The van der Waals surface area contributed by atoms with Crippen molar-refractivity contribution in [1.29, 1.82) is 10.8 Å². The number of methoxy groups -OCH3 is 1. The summed E-state index contributed by atoms with van der Waals surface area (Å²) in [4.78, 5) is 15.6. The quantitative estimate of drug-likeness (QED) is 0.714. The second-order valence-electron chi connectivity index (χ2n) is 5.01. The van der Waals surface area contributed by atoms with Gasteiger partial charge in [0, 0.05) is 27.6 Å². The summed E-state index contributed by atoms with van der Waals surface area (Å²) in [6, 6.07) is 13.9. The minimum atomic E-state index is -0.372. The number of hydrogen-bond acceptors (Lipinski definition) is 6. The molecule has 0 aliphatic carbocycles. The van der Waals surface area contributed by atoms with E-state index >= 15 is 0 Å². The highest BCUT2D eigenvalue weighted by Crippen LogP contribution is 2.37. The third-order valence-electron chi connectivity index (χ3n) is 3.32. The Labute approximate surface area is 152 Å². The first-order chi connectivity index (χ1) is 12.0. The van der Waals surface area contributed by atoms with E-state index in [-0.39, 0.29) is 6.09 Å². The minimum Gasteiger partial charge on any atom is -0.497 e. The van der Waals surface area contributed by atoms with Gasteiger partial charge in [0.25, 0.3) is 0 Å². The summed E-state index contributed by atoms with van der Waals surface area (Å²) < 4.78 is 10.4. The lowest BCUT2D eigenvalue weighted by atomic mass is 10.2. The molecule has 0 radical (unpaired) electrons. The molecule has 0 spiro atoms. The number of anilines is 1. The van der Waals surface area contributed by atoms with E-state index in [2.05, 4.69) is 31.2 Å². The van der Waals surface area contributed by atoms with Crippen LogP contribution >= 0.6 is 11.8 Å². The van der Waals surface area contributed by atoms with Crippen LogP contribution in [-0.4, -0.2) is 26.9 Å². The zero-order chi connectivity index (χ0) is 18.8. The Hall–Kier alpha value is -2.72. The first-order valence-corrected chi connectivity index (χ1v) is 8.39. The van der Waals surface area contributed by atoms with E-state index in [0.717, 1.165) is 21.2 Å². The standard InChI is InChI=1S/C18H21NO3S.N2/c1-5-22-18(20)19(3)16-11-8-14(21-4)12-17(16)23-15-9-6-13(2)7-10-15;1-2/h6-12H,5H2,1-4H3;. The van der Waals surface area contributed by atoms with Gasteiger partial charge < -0.3 is 9.47 Å². The molecular weight excluding hydrogens is 338 g/mol. The third-order valence-corrected chi connectivity index (χ3v) is 4.37. The predicted octanol–water partition coefficient (Wildman–Crippen LogP) is 4.78. The molecule has 2 aromatic rings. The molecule has 0 atom stereocenters. The molecule has 0 fully saturated rings.